The lowest BCUT2D eigenvalue weighted by atomic mass is 10.1. The molecule has 7 nitrogen and oxygen atoms in total. The first kappa shape index (κ1) is 23.3. The highest BCUT2D eigenvalue weighted by molar-refractivity contribution is 7.80. The van der Waals surface area contributed by atoms with Crippen molar-refractivity contribution in [3.05, 3.63) is 66.7 Å². The number of nitrogens with zero attached hydrogens (tertiary/aromatic N) is 2. The number of rotatable bonds is 10. The van der Waals surface area contributed by atoms with E-state index in [0.717, 1.165) is 11.3 Å². The van der Waals surface area contributed by atoms with Gasteiger partial charge in [-0.1, -0.05) is 18.2 Å². The molecule has 168 valence electrons. The smallest absolute Gasteiger partial charge is 0.252 e. The standard InChI is InChI=1S/C24H27N3O4S/c1-4-14-27-23(29)21(16-22(28)25-18-7-11-20(31-3)12-8-18)26(24(27)32)15-13-17-5-9-19(30-2)10-6-17/h4-12,21H,1,13-16H2,2-3H3,(H,25,28)/t21-/m1/s1. The molecule has 0 aliphatic carbocycles. The van der Waals surface area contributed by atoms with Gasteiger partial charge in [0.2, 0.25) is 5.91 Å². The maximum absolute atomic E-state index is 13.0. The van der Waals surface area contributed by atoms with Gasteiger partial charge in [-0.3, -0.25) is 14.5 Å². The van der Waals surface area contributed by atoms with E-state index in [0.29, 0.717) is 36.1 Å². The van der Waals surface area contributed by atoms with E-state index in [1.54, 1.807) is 44.6 Å². The van der Waals surface area contributed by atoms with Crippen LogP contribution < -0.4 is 14.8 Å². The molecular weight excluding hydrogens is 426 g/mol. The highest BCUT2D eigenvalue weighted by atomic mass is 32.1. The number of nitrogens with one attached hydrogen (secondary N) is 1. The summed E-state index contributed by atoms with van der Waals surface area (Å²) < 4.78 is 10.3. The van der Waals surface area contributed by atoms with Gasteiger partial charge in [0, 0.05) is 18.8 Å². The zero-order valence-corrected chi connectivity index (χ0v) is 19.1. The minimum atomic E-state index is -0.654. The van der Waals surface area contributed by atoms with Crippen LogP contribution in [-0.4, -0.2) is 60.1 Å². The second-order valence-corrected chi connectivity index (χ2v) is 7.67. The number of anilines is 1. The first-order chi connectivity index (χ1) is 15.5. The minimum absolute atomic E-state index is 0.00125. The van der Waals surface area contributed by atoms with Crippen LogP contribution in [0.15, 0.2) is 61.2 Å². The summed E-state index contributed by atoms with van der Waals surface area (Å²) in [5.74, 6) is 1.04. The van der Waals surface area contributed by atoms with Crippen LogP contribution in [0, 0.1) is 0 Å². The molecule has 8 heteroatoms. The van der Waals surface area contributed by atoms with Crippen molar-refractivity contribution in [2.24, 2.45) is 0 Å². The van der Waals surface area contributed by atoms with Gasteiger partial charge in [-0.05, 0) is 60.6 Å². The molecule has 0 aromatic heterocycles. The summed E-state index contributed by atoms with van der Waals surface area (Å²) in [7, 11) is 3.21. The van der Waals surface area contributed by atoms with E-state index in [9.17, 15) is 9.59 Å². The molecule has 0 radical (unpaired) electrons. The zero-order chi connectivity index (χ0) is 23.1. The number of amides is 2. The van der Waals surface area contributed by atoms with Gasteiger partial charge < -0.3 is 19.7 Å². The molecule has 2 amide bonds. The maximum Gasteiger partial charge on any atom is 0.252 e. The predicted octanol–water partition coefficient (Wildman–Crippen LogP) is 3.26. The number of thiocarbonyl (C=S) groups is 1. The number of carbonyl (C=O) groups is 2. The fourth-order valence-corrected chi connectivity index (χ4v) is 3.93. The van der Waals surface area contributed by atoms with Crippen LogP contribution in [0.3, 0.4) is 0 Å². The molecule has 1 aliphatic heterocycles. The van der Waals surface area contributed by atoms with Gasteiger partial charge in [0.05, 0.1) is 20.6 Å². The summed E-state index contributed by atoms with van der Waals surface area (Å²) >= 11 is 5.56. The molecule has 2 aromatic rings. The number of ether oxygens (including phenoxy) is 2. The van der Waals surface area contributed by atoms with E-state index >= 15 is 0 Å². The van der Waals surface area contributed by atoms with E-state index in [-0.39, 0.29) is 18.2 Å². The lowest BCUT2D eigenvalue weighted by Crippen LogP contribution is -2.39. The third kappa shape index (κ3) is 5.45. The third-order valence-electron chi connectivity index (χ3n) is 5.27. The Labute approximate surface area is 193 Å². The van der Waals surface area contributed by atoms with Gasteiger partial charge >= 0.3 is 0 Å². The summed E-state index contributed by atoms with van der Waals surface area (Å²) in [5, 5.41) is 3.26. The van der Waals surface area contributed by atoms with E-state index in [1.165, 1.54) is 4.90 Å². The van der Waals surface area contributed by atoms with Gasteiger partial charge in [0.25, 0.3) is 5.91 Å². The molecule has 32 heavy (non-hydrogen) atoms. The van der Waals surface area contributed by atoms with Crippen LogP contribution in [0.25, 0.3) is 0 Å². The predicted molar refractivity (Wildman–Crippen MR) is 128 cm³/mol. The fraction of sp³-hybridized carbons (Fsp3) is 0.292. The van der Waals surface area contributed by atoms with Gasteiger partial charge in [0.15, 0.2) is 5.11 Å². The van der Waals surface area contributed by atoms with Crippen LogP contribution in [0.5, 0.6) is 11.5 Å². The van der Waals surface area contributed by atoms with Gasteiger partial charge in [0.1, 0.15) is 17.5 Å². The maximum atomic E-state index is 13.0. The van der Waals surface area contributed by atoms with Crippen molar-refractivity contribution in [3.63, 3.8) is 0 Å². The lowest BCUT2D eigenvalue weighted by Gasteiger charge is -2.24. The summed E-state index contributed by atoms with van der Waals surface area (Å²) in [6.45, 7) is 4.54. The van der Waals surface area contributed by atoms with E-state index in [2.05, 4.69) is 11.9 Å². The Morgan fingerprint density at radius 2 is 1.69 bits per heavy atom. The quantitative estimate of drug-likeness (QED) is 0.440. The Bertz CT molecular complexity index is 976. The SMILES string of the molecule is C=CCN1C(=O)[C@@H](CC(=O)Nc2ccc(OC)cc2)N(CCc2ccc(OC)cc2)C1=S. The van der Waals surface area contributed by atoms with Gasteiger partial charge in [-0.2, -0.15) is 0 Å². The second-order valence-electron chi connectivity index (χ2n) is 7.31. The monoisotopic (exact) mass is 453 g/mol. The molecule has 0 saturated carbocycles. The zero-order valence-electron chi connectivity index (χ0n) is 18.2. The van der Waals surface area contributed by atoms with Crippen molar-refractivity contribution in [2.45, 2.75) is 18.9 Å². The average molecular weight is 454 g/mol. The molecule has 1 aliphatic rings. The van der Waals surface area contributed by atoms with Crippen LogP contribution >= 0.6 is 12.2 Å². The lowest BCUT2D eigenvalue weighted by molar-refractivity contribution is -0.130. The van der Waals surface area contributed by atoms with Crippen molar-refractivity contribution in [1.29, 1.82) is 0 Å². The summed E-state index contributed by atoms with van der Waals surface area (Å²) in [6, 6.07) is 14.1. The minimum Gasteiger partial charge on any atom is -0.497 e. The van der Waals surface area contributed by atoms with E-state index < -0.39 is 6.04 Å². The average Bonchev–Trinajstić information content (AvgIpc) is 3.02. The third-order valence-corrected chi connectivity index (χ3v) is 5.72. The molecular formula is C24H27N3O4S. The molecule has 3 rings (SSSR count). The molecule has 0 bridgehead atoms. The van der Waals surface area contributed by atoms with Crippen LogP contribution in [0.2, 0.25) is 0 Å². The van der Waals surface area contributed by atoms with E-state index in [1.807, 2.05) is 29.2 Å². The number of benzene rings is 2. The normalized spacial score (nSPS) is 15.6. The number of carbonyl (C=O) groups excluding carboxylic acids is 2. The summed E-state index contributed by atoms with van der Waals surface area (Å²) in [5.41, 5.74) is 1.72. The van der Waals surface area contributed by atoms with Crippen LogP contribution in [0.4, 0.5) is 5.69 Å². The highest BCUT2D eigenvalue weighted by Crippen LogP contribution is 2.23. The Balaban J connectivity index is 1.70. The molecule has 1 fully saturated rings. The fourth-order valence-electron chi connectivity index (χ4n) is 3.55. The first-order valence-corrected chi connectivity index (χ1v) is 10.7. The molecule has 1 N–H and O–H groups in total. The topological polar surface area (TPSA) is 71.1 Å². The van der Waals surface area contributed by atoms with Gasteiger partial charge in [-0.15, -0.1) is 6.58 Å². The second kappa shape index (κ2) is 10.8. The Morgan fingerprint density at radius 1 is 1.09 bits per heavy atom. The van der Waals surface area contributed by atoms with Crippen LogP contribution in [-0.2, 0) is 16.0 Å². The summed E-state index contributed by atoms with van der Waals surface area (Å²) in [4.78, 5) is 29.1. The molecule has 1 atom stereocenters. The van der Waals surface area contributed by atoms with Crippen molar-refractivity contribution in [3.8, 4) is 11.5 Å². The number of methoxy groups -OCH3 is 2. The summed E-state index contributed by atoms with van der Waals surface area (Å²) in [6.07, 6.45) is 2.31. The Kier molecular flexibility index (Phi) is 7.83. The molecule has 1 heterocycles. The van der Waals surface area contributed by atoms with Crippen molar-refractivity contribution in [2.75, 3.05) is 32.6 Å². The molecule has 2 aromatic carbocycles. The first-order valence-electron chi connectivity index (χ1n) is 10.3. The number of hydrogen-bond donors (Lipinski definition) is 1. The van der Waals surface area contributed by atoms with Crippen LogP contribution in [0.1, 0.15) is 12.0 Å². The largest absolute Gasteiger partial charge is 0.497 e. The number of hydrogen-bond acceptors (Lipinski definition) is 5. The molecule has 1 saturated heterocycles. The Hall–Kier alpha value is -3.39. The highest BCUT2D eigenvalue weighted by Gasteiger charge is 2.42. The van der Waals surface area contributed by atoms with Crippen molar-refractivity contribution >= 4 is 34.8 Å². The van der Waals surface area contributed by atoms with E-state index in [4.69, 9.17) is 21.7 Å². The van der Waals surface area contributed by atoms with Gasteiger partial charge in [-0.25, -0.2) is 0 Å². The molecule has 0 unspecified atom stereocenters. The molecule has 0 spiro atoms. The Morgan fingerprint density at radius 3 is 2.25 bits per heavy atom. The van der Waals surface area contributed by atoms with Crippen molar-refractivity contribution < 1.29 is 19.1 Å². The van der Waals surface area contributed by atoms with Crippen molar-refractivity contribution in [1.82, 2.24) is 9.80 Å².